The molecule has 0 N–H and O–H groups in total. The number of amides is 1. The van der Waals surface area contributed by atoms with E-state index in [9.17, 15) is 4.79 Å². The minimum Gasteiger partial charge on any atom is -0.444 e. The number of carbonyl (C=O) groups excluding carboxylic acids is 1. The van der Waals surface area contributed by atoms with Gasteiger partial charge in [-0.2, -0.15) is 0 Å². The first-order chi connectivity index (χ1) is 14.2. The molecule has 2 rings (SSSR count). The van der Waals surface area contributed by atoms with Gasteiger partial charge in [0.1, 0.15) is 5.60 Å². The van der Waals surface area contributed by atoms with Crippen molar-refractivity contribution >= 4 is 6.09 Å². The molecule has 0 saturated heterocycles. The number of unbranched alkanes of at least 4 members (excludes halogenated alkanes) is 1. The van der Waals surface area contributed by atoms with E-state index >= 15 is 0 Å². The number of aryl methyl sites for hydroxylation is 2. The number of nitrogens with zero attached hydrogens (tertiary/aromatic N) is 4. The Bertz CT molecular complexity index is 769. The largest absolute Gasteiger partial charge is 0.444 e. The third-order valence-corrected chi connectivity index (χ3v) is 4.91. The highest BCUT2D eigenvalue weighted by Crippen LogP contribution is 2.14. The molecule has 0 aromatic carbocycles. The maximum absolute atomic E-state index is 12.1. The van der Waals surface area contributed by atoms with E-state index in [0.29, 0.717) is 6.54 Å². The summed E-state index contributed by atoms with van der Waals surface area (Å²) in [5, 5.41) is 0. The van der Waals surface area contributed by atoms with E-state index in [1.165, 1.54) is 11.1 Å². The number of pyridine rings is 2. The Balaban J connectivity index is 1.93. The molecule has 2 heterocycles. The Morgan fingerprint density at radius 3 is 1.90 bits per heavy atom. The zero-order valence-electron chi connectivity index (χ0n) is 19.3. The van der Waals surface area contributed by atoms with Crippen molar-refractivity contribution in [3.8, 4) is 0 Å². The van der Waals surface area contributed by atoms with Gasteiger partial charge < -0.3 is 9.64 Å². The molecule has 0 fully saturated rings. The lowest BCUT2D eigenvalue weighted by molar-refractivity contribution is 0.0295. The summed E-state index contributed by atoms with van der Waals surface area (Å²) < 4.78 is 5.42. The Kier molecular flexibility index (Phi) is 8.78. The van der Waals surface area contributed by atoms with Crippen molar-refractivity contribution in [3.63, 3.8) is 0 Å². The molecule has 0 spiro atoms. The summed E-state index contributed by atoms with van der Waals surface area (Å²) in [5.74, 6) is 0. The highest BCUT2D eigenvalue weighted by Gasteiger charge is 2.19. The molecule has 0 aliphatic carbocycles. The highest BCUT2D eigenvalue weighted by atomic mass is 16.6. The van der Waals surface area contributed by atoms with Crippen molar-refractivity contribution in [2.75, 3.05) is 20.1 Å². The van der Waals surface area contributed by atoms with Gasteiger partial charge in [0.25, 0.3) is 0 Å². The van der Waals surface area contributed by atoms with Gasteiger partial charge in [0, 0.05) is 39.1 Å². The SMILES string of the molecule is Cc1cccnc1CN(CCCCN(C)C(=O)OC(C)(C)C)Cc1ncccc1C. The molecule has 0 saturated carbocycles. The van der Waals surface area contributed by atoms with Crippen LogP contribution >= 0.6 is 0 Å². The van der Waals surface area contributed by atoms with Crippen molar-refractivity contribution in [1.29, 1.82) is 0 Å². The van der Waals surface area contributed by atoms with Gasteiger partial charge in [-0.3, -0.25) is 14.9 Å². The molecule has 1 amide bonds. The molecule has 0 radical (unpaired) electrons. The molecule has 0 bridgehead atoms. The maximum atomic E-state index is 12.1. The third-order valence-electron chi connectivity index (χ3n) is 4.91. The number of hydrogen-bond acceptors (Lipinski definition) is 5. The van der Waals surface area contributed by atoms with Crippen LogP contribution < -0.4 is 0 Å². The fourth-order valence-electron chi connectivity index (χ4n) is 3.12. The first-order valence-corrected chi connectivity index (χ1v) is 10.6. The molecule has 0 unspecified atom stereocenters. The smallest absolute Gasteiger partial charge is 0.410 e. The van der Waals surface area contributed by atoms with E-state index in [1.54, 1.807) is 11.9 Å². The van der Waals surface area contributed by atoms with Crippen molar-refractivity contribution in [3.05, 3.63) is 59.2 Å². The first-order valence-electron chi connectivity index (χ1n) is 10.6. The Hall–Kier alpha value is -2.47. The zero-order chi connectivity index (χ0) is 22.1. The summed E-state index contributed by atoms with van der Waals surface area (Å²) in [6.07, 6.45) is 5.32. The molecule has 164 valence electrons. The van der Waals surface area contributed by atoms with E-state index < -0.39 is 5.60 Å². The second-order valence-electron chi connectivity index (χ2n) is 8.85. The van der Waals surface area contributed by atoms with Gasteiger partial charge in [-0.05, 0) is 77.3 Å². The van der Waals surface area contributed by atoms with Crippen LogP contribution in [0.3, 0.4) is 0 Å². The van der Waals surface area contributed by atoms with E-state index in [2.05, 4.69) is 40.8 Å². The highest BCUT2D eigenvalue weighted by molar-refractivity contribution is 5.67. The summed E-state index contributed by atoms with van der Waals surface area (Å²) >= 11 is 0. The Labute approximate surface area is 181 Å². The number of aromatic nitrogens is 2. The predicted molar refractivity (Wildman–Crippen MR) is 120 cm³/mol. The van der Waals surface area contributed by atoms with Crippen LogP contribution in [0.15, 0.2) is 36.7 Å². The van der Waals surface area contributed by atoms with Gasteiger partial charge in [0.05, 0.1) is 11.4 Å². The van der Waals surface area contributed by atoms with Crippen LogP contribution in [0.1, 0.15) is 56.1 Å². The van der Waals surface area contributed by atoms with Crippen LogP contribution in [-0.4, -0.2) is 51.6 Å². The average Bonchev–Trinajstić information content (AvgIpc) is 2.67. The van der Waals surface area contributed by atoms with E-state index in [-0.39, 0.29) is 6.09 Å². The molecule has 6 nitrogen and oxygen atoms in total. The standard InChI is InChI=1S/C24H36N4O2/c1-19-11-9-13-25-21(19)17-28(18-22-20(2)12-10-14-26-22)16-8-7-15-27(6)23(29)30-24(3,4)5/h9-14H,7-8,15-18H2,1-6H3. The van der Waals surface area contributed by atoms with Crippen molar-refractivity contribution in [2.24, 2.45) is 0 Å². The Morgan fingerprint density at radius 1 is 0.933 bits per heavy atom. The van der Waals surface area contributed by atoms with Gasteiger partial charge in [0.2, 0.25) is 0 Å². The maximum Gasteiger partial charge on any atom is 0.410 e. The van der Waals surface area contributed by atoms with Gasteiger partial charge in [-0.1, -0.05) is 12.1 Å². The molecule has 0 aliphatic heterocycles. The summed E-state index contributed by atoms with van der Waals surface area (Å²) in [4.78, 5) is 25.3. The quantitative estimate of drug-likeness (QED) is 0.557. The summed E-state index contributed by atoms with van der Waals surface area (Å²) in [5.41, 5.74) is 4.12. The molecular weight excluding hydrogens is 376 g/mol. The van der Waals surface area contributed by atoms with Crippen LogP contribution in [-0.2, 0) is 17.8 Å². The summed E-state index contributed by atoms with van der Waals surface area (Å²) in [6.45, 7) is 13.0. The van der Waals surface area contributed by atoms with Gasteiger partial charge in [-0.15, -0.1) is 0 Å². The Morgan fingerprint density at radius 2 is 1.43 bits per heavy atom. The lowest BCUT2D eigenvalue weighted by atomic mass is 10.1. The normalized spacial score (nSPS) is 11.6. The van der Waals surface area contributed by atoms with Gasteiger partial charge in [-0.25, -0.2) is 4.79 Å². The van der Waals surface area contributed by atoms with E-state index in [1.807, 2.05) is 45.3 Å². The lowest BCUT2D eigenvalue weighted by Gasteiger charge is -2.25. The van der Waals surface area contributed by atoms with Crippen LogP contribution in [0, 0.1) is 13.8 Å². The second-order valence-corrected chi connectivity index (χ2v) is 8.85. The van der Waals surface area contributed by atoms with Crippen molar-refractivity contribution < 1.29 is 9.53 Å². The minimum absolute atomic E-state index is 0.271. The molecule has 0 aliphatic rings. The van der Waals surface area contributed by atoms with Crippen molar-refractivity contribution in [2.45, 2.75) is 66.2 Å². The molecular formula is C24H36N4O2. The molecule has 2 aromatic rings. The van der Waals surface area contributed by atoms with Crippen LogP contribution in [0.25, 0.3) is 0 Å². The summed E-state index contributed by atoms with van der Waals surface area (Å²) in [6, 6.07) is 8.14. The molecule has 30 heavy (non-hydrogen) atoms. The second kappa shape index (κ2) is 11.1. The van der Waals surface area contributed by atoms with E-state index in [4.69, 9.17) is 4.74 Å². The zero-order valence-corrected chi connectivity index (χ0v) is 19.3. The van der Waals surface area contributed by atoms with Gasteiger partial charge >= 0.3 is 6.09 Å². The number of hydrogen-bond donors (Lipinski definition) is 0. The first kappa shape index (κ1) is 23.8. The van der Waals surface area contributed by atoms with Crippen LogP contribution in [0.2, 0.25) is 0 Å². The van der Waals surface area contributed by atoms with Crippen LogP contribution in [0.5, 0.6) is 0 Å². The van der Waals surface area contributed by atoms with E-state index in [0.717, 1.165) is 43.9 Å². The minimum atomic E-state index is -0.469. The lowest BCUT2D eigenvalue weighted by Crippen LogP contribution is -2.35. The predicted octanol–water partition coefficient (Wildman–Crippen LogP) is 4.74. The fraction of sp³-hybridized carbons (Fsp3) is 0.542. The molecule has 6 heteroatoms. The third kappa shape index (κ3) is 8.11. The fourth-order valence-corrected chi connectivity index (χ4v) is 3.12. The number of ether oxygens (including phenoxy) is 1. The van der Waals surface area contributed by atoms with Crippen molar-refractivity contribution in [1.82, 2.24) is 19.8 Å². The topological polar surface area (TPSA) is 58.6 Å². The number of carbonyl (C=O) groups is 1. The summed E-state index contributed by atoms with van der Waals surface area (Å²) in [7, 11) is 1.79. The molecule has 2 aromatic heterocycles. The van der Waals surface area contributed by atoms with Crippen LogP contribution in [0.4, 0.5) is 4.79 Å². The number of rotatable bonds is 9. The molecule has 0 atom stereocenters. The van der Waals surface area contributed by atoms with Gasteiger partial charge in [0.15, 0.2) is 0 Å². The monoisotopic (exact) mass is 412 g/mol. The average molecular weight is 413 g/mol.